The number of rotatable bonds is 46. The molecule has 0 rings (SSSR count). The molecule has 330 valence electrons. The molecule has 0 amide bonds. The minimum Gasteiger partial charge on any atom is -0.462 e. The minimum atomic E-state index is -0.529. The summed E-state index contributed by atoms with van der Waals surface area (Å²) in [6, 6.07) is 0. The third-order valence-electron chi connectivity index (χ3n) is 11.0. The molecule has 0 spiro atoms. The first-order valence-electron chi connectivity index (χ1n) is 24.9. The summed E-state index contributed by atoms with van der Waals surface area (Å²) >= 11 is 0. The second kappa shape index (κ2) is 47.8. The van der Waals surface area contributed by atoms with Gasteiger partial charge in [0.05, 0.1) is 6.61 Å². The summed E-state index contributed by atoms with van der Waals surface area (Å²) in [5.74, 6) is -0.388. The van der Waals surface area contributed by atoms with Gasteiger partial charge in [0, 0.05) is 19.4 Å². The first-order valence-corrected chi connectivity index (χ1v) is 24.9. The molecular formula is C51H96O5. The molecule has 0 N–H and O–H groups in total. The van der Waals surface area contributed by atoms with E-state index in [1.54, 1.807) is 0 Å². The highest BCUT2D eigenvalue weighted by atomic mass is 16.6. The molecule has 0 aromatic rings. The van der Waals surface area contributed by atoms with Gasteiger partial charge in [-0.3, -0.25) is 9.59 Å². The van der Waals surface area contributed by atoms with Crippen molar-refractivity contribution < 1.29 is 23.8 Å². The molecule has 5 nitrogen and oxygen atoms in total. The molecule has 0 aromatic carbocycles. The van der Waals surface area contributed by atoms with Crippen molar-refractivity contribution in [2.45, 2.75) is 271 Å². The minimum absolute atomic E-state index is 0.0900. The molecule has 1 atom stereocenters. The maximum Gasteiger partial charge on any atom is 0.306 e. The van der Waals surface area contributed by atoms with Crippen LogP contribution >= 0.6 is 0 Å². The lowest BCUT2D eigenvalue weighted by atomic mass is 10.0. The summed E-state index contributed by atoms with van der Waals surface area (Å²) in [4.78, 5) is 25.2. The van der Waals surface area contributed by atoms with Gasteiger partial charge in [-0.15, -0.1) is 0 Å². The van der Waals surface area contributed by atoms with E-state index in [1.807, 2.05) is 0 Å². The van der Waals surface area contributed by atoms with Gasteiger partial charge in [0.25, 0.3) is 0 Å². The first-order chi connectivity index (χ1) is 27.6. The Labute approximate surface area is 349 Å². The molecule has 56 heavy (non-hydrogen) atoms. The molecule has 0 radical (unpaired) electrons. The normalized spacial score (nSPS) is 12.3. The Balaban J connectivity index is 4.16. The maximum atomic E-state index is 12.7. The highest BCUT2D eigenvalue weighted by molar-refractivity contribution is 5.70. The Morgan fingerprint density at radius 2 is 0.750 bits per heavy atom. The number of allylic oxidation sites excluding steroid dienone is 4. The lowest BCUT2D eigenvalue weighted by Gasteiger charge is -2.18. The highest BCUT2D eigenvalue weighted by Crippen LogP contribution is 2.15. The van der Waals surface area contributed by atoms with Crippen LogP contribution < -0.4 is 0 Å². The fourth-order valence-corrected chi connectivity index (χ4v) is 7.25. The van der Waals surface area contributed by atoms with Gasteiger partial charge in [-0.25, -0.2) is 0 Å². The lowest BCUT2D eigenvalue weighted by molar-refractivity contribution is -0.163. The van der Waals surface area contributed by atoms with Crippen molar-refractivity contribution in [3.63, 3.8) is 0 Å². The zero-order valence-electron chi connectivity index (χ0n) is 37.9. The van der Waals surface area contributed by atoms with Gasteiger partial charge in [-0.05, 0) is 51.4 Å². The predicted molar refractivity (Wildman–Crippen MR) is 242 cm³/mol. The van der Waals surface area contributed by atoms with E-state index in [4.69, 9.17) is 14.2 Å². The standard InChI is InChI=1S/C51H96O5/c1-4-7-10-13-16-19-21-23-24-25-26-27-29-31-34-37-40-43-46-54-47-49(56-51(53)45-42-39-36-32-18-15-12-9-6-3)48-55-50(52)44-41-38-35-33-30-28-22-20-17-14-11-8-5-2/h16,19,23-24,49H,4-15,17-18,20-22,25-48H2,1-3H3/b19-16-,24-23-. The van der Waals surface area contributed by atoms with Gasteiger partial charge in [-0.1, -0.05) is 225 Å². The average Bonchev–Trinajstić information content (AvgIpc) is 3.20. The van der Waals surface area contributed by atoms with Crippen LogP contribution in [0.2, 0.25) is 0 Å². The summed E-state index contributed by atoms with van der Waals surface area (Å²) in [6.07, 6.45) is 54.7. The van der Waals surface area contributed by atoms with Crippen molar-refractivity contribution in [1.82, 2.24) is 0 Å². The van der Waals surface area contributed by atoms with E-state index in [0.717, 1.165) is 44.9 Å². The van der Waals surface area contributed by atoms with Crippen molar-refractivity contribution in [1.29, 1.82) is 0 Å². The number of unbranched alkanes of at least 4 members (excludes halogenated alkanes) is 31. The molecule has 0 bridgehead atoms. The van der Waals surface area contributed by atoms with Gasteiger partial charge in [0.1, 0.15) is 6.61 Å². The number of esters is 2. The SMILES string of the molecule is CCCCC/C=C\C/C=C\CCCCCCCCCCOCC(COC(=O)CCCCCCCCCCCCCCC)OC(=O)CCCCCCCCCCC. The van der Waals surface area contributed by atoms with Gasteiger partial charge < -0.3 is 14.2 Å². The summed E-state index contributed by atoms with van der Waals surface area (Å²) in [5.41, 5.74) is 0. The topological polar surface area (TPSA) is 61.8 Å². The molecule has 0 heterocycles. The van der Waals surface area contributed by atoms with E-state index >= 15 is 0 Å². The molecular weight excluding hydrogens is 693 g/mol. The highest BCUT2D eigenvalue weighted by Gasteiger charge is 2.17. The zero-order chi connectivity index (χ0) is 40.7. The Morgan fingerprint density at radius 1 is 0.393 bits per heavy atom. The van der Waals surface area contributed by atoms with E-state index in [2.05, 4.69) is 45.1 Å². The monoisotopic (exact) mass is 789 g/mol. The Morgan fingerprint density at radius 3 is 1.21 bits per heavy atom. The molecule has 0 aliphatic heterocycles. The van der Waals surface area contributed by atoms with E-state index in [-0.39, 0.29) is 18.5 Å². The molecule has 0 aromatic heterocycles. The number of carbonyl (C=O) groups excluding carboxylic acids is 2. The van der Waals surface area contributed by atoms with Crippen molar-refractivity contribution in [2.24, 2.45) is 0 Å². The van der Waals surface area contributed by atoms with Crippen molar-refractivity contribution >= 4 is 11.9 Å². The van der Waals surface area contributed by atoms with Crippen molar-refractivity contribution in [2.75, 3.05) is 19.8 Å². The van der Waals surface area contributed by atoms with E-state index < -0.39 is 6.10 Å². The third-order valence-corrected chi connectivity index (χ3v) is 11.0. The maximum absolute atomic E-state index is 12.7. The summed E-state index contributed by atoms with van der Waals surface area (Å²) in [5, 5.41) is 0. The number of ether oxygens (including phenoxy) is 3. The summed E-state index contributed by atoms with van der Waals surface area (Å²) in [7, 11) is 0. The van der Waals surface area contributed by atoms with Gasteiger partial charge in [0.15, 0.2) is 6.10 Å². The van der Waals surface area contributed by atoms with Crippen LogP contribution in [0.1, 0.15) is 265 Å². The first kappa shape index (κ1) is 54.4. The van der Waals surface area contributed by atoms with Gasteiger partial charge >= 0.3 is 11.9 Å². The molecule has 0 aliphatic rings. The summed E-state index contributed by atoms with van der Waals surface area (Å²) in [6.45, 7) is 7.81. The Hall–Kier alpha value is -1.62. The molecule has 0 saturated heterocycles. The molecule has 0 saturated carbocycles. The lowest BCUT2D eigenvalue weighted by Crippen LogP contribution is -2.30. The van der Waals surface area contributed by atoms with Crippen LogP contribution in [-0.4, -0.2) is 37.9 Å². The largest absolute Gasteiger partial charge is 0.462 e. The van der Waals surface area contributed by atoms with Crippen molar-refractivity contribution in [3.05, 3.63) is 24.3 Å². The van der Waals surface area contributed by atoms with Crippen molar-refractivity contribution in [3.8, 4) is 0 Å². The predicted octanol–water partition coefficient (Wildman–Crippen LogP) is 16.5. The Bertz CT molecular complexity index is 851. The molecule has 0 aliphatic carbocycles. The number of hydrogen-bond acceptors (Lipinski definition) is 5. The van der Waals surface area contributed by atoms with Crippen LogP contribution in [0.15, 0.2) is 24.3 Å². The van der Waals surface area contributed by atoms with Crippen LogP contribution in [0.25, 0.3) is 0 Å². The van der Waals surface area contributed by atoms with Crippen LogP contribution in [0.3, 0.4) is 0 Å². The number of carbonyl (C=O) groups is 2. The summed E-state index contributed by atoms with van der Waals surface area (Å²) < 4.78 is 17.3. The van der Waals surface area contributed by atoms with E-state index in [0.29, 0.717) is 26.1 Å². The van der Waals surface area contributed by atoms with E-state index in [1.165, 1.54) is 186 Å². The zero-order valence-corrected chi connectivity index (χ0v) is 37.9. The molecule has 1 unspecified atom stereocenters. The van der Waals surface area contributed by atoms with E-state index in [9.17, 15) is 9.59 Å². The van der Waals surface area contributed by atoms with Crippen LogP contribution in [0, 0.1) is 0 Å². The fraction of sp³-hybridized carbons (Fsp3) is 0.882. The fourth-order valence-electron chi connectivity index (χ4n) is 7.25. The Kier molecular flexibility index (Phi) is 46.4. The smallest absolute Gasteiger partial charge is 0.306 e. The molecule has 0 fully saturated rings. The third kappa shape index (κ3) is 45.1. The van der Waals surface area contributed by atoms with Crippen LogP contribution in [-0.2, 0) is 23.8 Å². The van der Waals surface area contributed by atoms with Crippen LogP contribution in [0.5, 0.6) is 0 Å². The molecule has 5 heteroatoms. The second-order valence-electron chi connectivity index (χ2n) is 16.7. The van der Waals surface area contributed by atoms with Crippen LogP contribution in [0.4, 0.5) is 0 Å². The quantitative estimate of drug-likeness (QED) is 0.0349. The van der Waals surface area contributed by atoms with Gasteiger partial charge in [-0.2, -0.15) is 0 Å². The van der Waals surface area contributed by atoms with Gasteiger partial charge in [0.2, 0.25) is 0 Å². The second-order valence-corrected chi connectivity index (χ2v) is 16.7. The number of hydrogen-bond donors (Lipinski definition) is 0. The average molecular weight is 789 g/mol.